The Morgan fingerprint density at radius 1 is 1.39 bits per heavy atom. The highest BCUT2D eigenvalue weighted by molar-refractivity contribution is 6.30. The SMILES string of the molecule is CCOC(=O)CCC(=O)Nc1ccc(Cl)cc1O. The second-order valence-corrected chi connectivity index (χ2v) is 3.95. The smallest absolute Gasteiger partial charge is 0.306 e. The van der Waals surface area contributed by atoms with Crippen molar-refractivity contribution in [1.82, 2.24) is 0 Å². The molecule has 0 aliphatic heterocycles. The molecule has 1 amide bonds. The highest BCUT2D eigenvalue weighted by Crippen LogP contribution is 2.26. The minimum atomic E-state index is -0.423. The van der Waals surface area contributed by atoms with E-state index in [-0.39, 0.29) is 30.2 Å². The summed E-state index contributed by atoms with van der Waals surface area (Å²) in [6.07, 6.45) is 0.00885. The summed E-state index contributed by atoms with van der Waals surface area (Å²) in [6.45, 7) is 1.99. The summed E-state index contributed by atoms with van der Waals surface area (Å²) in [5, 5.41) is 12.4. The van der Waals surface area contributed by atoms with Crippen LogP contribution in [0.3, 0.4) is 0 Å². The number of amides is 1. The Bertz CT molecular complexity index is 448. The van der Waals surface area contributed by atoms with Crippen LogP contribution in [0.15, 0.2) is 18.2 Å². The zero-order chi connectivity index (χ0) is 13.5. The lowest BCUT2D eigenvalue weighted by Crippen LogP contribution is -2.14. The van der Waals surface area contributed by atoms with Gasteiger partial charge in [-0.1, -0.05) is 11.6 Å². The van der Waals surface area contributed by atoms with Gasteiger partial charge in [0.1, 0.15) is 5.75 Å². The van der Waals surface area contributed by atoms with Gasteiger partial charge in [0.15, 0.2) is 0 Å². The van der Waals surface area contributed by atoms with Crippen LogP contribution in [0.4, 0.5) is 5.69 Å². The van der Waals surface area contributed by atoms with Crippen LogP contribution in [0.2, 0.25) is 5.02 Å². The third-order valence-electron chi connectivity index (χ3n) is 2.10. The van der Waals surface area contributed by atoms with Crippen molar-refractivity contribution in [2.75, 3.05) is 11.9 Å². The van der Waals surface area contributed by atoms with E-state index in [1.807, 2.05) is 0 Å². The van der Waals surface area contributed by atoms with Crippen molar-refractivity contribution in [3.63, 3.8) is 0 Å². The number of halogens is 1. The van der Waals surface area contributed by atoms with Crippen molar-refractivity contribution in [2.45, 2.75) is 19.8 Å². The Hall–Kier alpha value is -1.75. The lowest BCUT2D eigenvalue weighted by molar-refractivity contribution is -0.144. The molecular weight excluding hydrogens is 258 g/mol. The number of phenolic OH excluding ortho intramolecular Hbond substituents is 1. The topological polar surface area (TPSA) is 75.6 Å². The number of phenols is 1. The standard InChI is InChI=1S/C12H14ClNO4/c1-2-18-12(17)6-5-11(16)14-9-4-3-8(13)7-10(9)15/h3-4,7,15H,2,5-6H2,1H3,(H,14,16). The van der Waals surface area contributed by atoms with E-state index >= 15 is 0 Å². The van der Waals surface area contributed by atoms with Crippen molar-refractivity contribution in [3.8, 4) is 5.75 Å². The van der Waals surface area contributed by atoms with Crippen LogP contribution in [-0.4, -0.2) is 23.6 Å². The first-order valence-electron chi connectivity index (χ1n) is 5.47. The Kier molecular flexibility index (Phi) is 5.45. The van der Waals surface area contributed by atoms with Gasteiger partial charge in [0.25, 0.3) is 0 Å². The average Bonchev–Trinajstić information content (AvgIpc) is 2.31. The van der Waals surface area contributed by atoms with Crippen molar-refractivity contribution < 1.29 is 19.4 Å². The molecule has 1 aromatic rings. The second-order valence-electron chi connectivity index (χ2n) is 3.51. The molecule has 1 aromatic carbocycles. The fourth-order valence-corrected chi connectivity index (χ4v) is 1.44. The van der Waals surface area contributed by atoms with Crippen molar-refractivity contribution in [2.24, 2.45) is 0 Å². The molecule has 1 rings (SSSR count). The highest BCUT2D eigenvalue weighted by atomic mass is 35.5. The van der Waals surface area contributed by atoms with E-state index in [2.05, 4.69) is 5.32 Å². The largest absolute Gasteiger partial charge is 0.506 e. The molecule has 0 unspecified atom stereocenters. The first kappa shape index (κ1) is 14.3. The van der Waals surface area contributed by atoms with Gasteiger partial charge in [-0.05, 0) is 19.1 Å². The van der Waals surface area contributed by atoms with Crippen molar-refractivity contribution in [1.29, 1.82) is 0 Å². The summed E-state index contributed by atoms with van der Waals surface area (Å²) in [7, 11) is 0. The minimum Gasteiger partial charge on any atom is -0.506 e. The van der Waals surface area contributed by atoms with E-state index in [1.54, 1.807) is 13.0 Å². The Balaban J connectivity index is 2.47. The van der Waals surface area contributed by atoms with Crippen LogP contribution in [-0.2, 0) is 14.3 Å². The molecule has 0 atom stereocenters. The van der Waals surface area contributed by atoms with Crippen molar-refractivity contribution in [3.05, 3.63) is 23.2 Å². The number of benzene rings is 1. The fourth-order valence-electron chi connectivity index (χ4n) is 1.27. The molecule has 0 aliphatic rings. The molecule has 0 saturated heterocycles. The lowest BCUT2D eigenvalue weighted by Gasteiger charge is -2.07. The molecule has 0 aromatic heterocycles. The van der Waals surface area contributed by atoms with Gasteiger partial charge in [0, 0.05) is 17.5 Å². The molecule has 0 saturated carbocycles. The van der Waals surface area contributed by atoms with Gasteiger partial charge < -0.3 is 15.2 Å². The molecule has 0 bridgehead atoms. The van der Waals surface area contributed by atoms with Gasteiger partial charge in [-0.2, -0.15) is 0 Å². The third-order valence-corrected chi connectivity index (χ3v) is 2.33. The number of rotatable bonds is 5. The lowest BCUT2D eigenvalue weighted by atomic mass is 10.2. The van der Waals surface area contributed by atoms with E-state index in [9.17, 15) is 14.7 Å². The molecular formula is C12H14ClNO4. The molecule has 6 heteroatoms. The van der Waals surface area contributed by atoms with E-state index in [0.717, 1.165) is 0 Å². The van der Waals surface area contributed by atoms with E-state index < -0.39 is 5.97 Å². The maximum Gasteiger partial charge on any atom is 0.306 e. The molecule has 0 radical (unpaired) electrons. The third kappa shape index (κ3) is 4.63. The van der Waals surface area contributed by atoms with Crippen LogP contribution < -0.4 is 5.32 Å². The number of aromatic hydroxyl groups is 1. The van der Waals surface area contributed by atoms with E-state index in [4.69, 9.17) is 16.3 Å². The zero-order valence-corrected chi connectivity index (χ0v) is 10.7. The van der Waals surface area contributed by atoms with Crippen molar-refractivity contribution >= 4 is 29.2 Å². The summed E-state index contributed by atoms with van der Waals surface area (Å²) < 4.78 is 4.70. The Labute approximate surface area is 110 Å². The van der Waals surface area contributed by atoms with Gasteiger partial charge in [-0.3, -0.25) is 9.59 Å². The van der Waals surface area contributed by atoms with Gasteiger partial charge in [0.05, 0.1) is 18.7 Å². The number of hydrogen-bond donors (Lipinski definition) is 2. The van der Waals surface area contributed by atoms with E-state index in [1.165, 1.54) is 12.1 Å². The molecule has 2 N–H and O–H groups in total. The minimum absolute atomic E-state index is 0.000893. The van der Waals surface area contributed by atoms with Gasteiger partial charge in [-0.25, -0.2) is 0 Å². The molecule has 0 fully saturated rings. The molecule has 98 valence electrons. The number of carbonyl (C=O) groups is 2. The number of ether oxygens (including phenoxy) is 1. The molecule has 18 heavy (non-hydrogen) atoms. The van der Waals surface area contributed by atoms with Gasteiger partial charge >= 0.3 is 5.97 Å². The normalized spacial score (nSPS) is 9.89. The Morgan fingerprint density at radius 3 is 2.72 bits per heavy atom. The second kappa shape index (κ2) is 6.86. The summed E-state index contributed by atoms with van der Waals surface area (Å²) in [5.41, 5.74) is 0.258. The van der Waals surface area contributed by atoms with Crippen LogP contribution >= 0.6 is 11.6 Å². The number of esters is 1. The highest BCUT2D eigenvalue weighted by Gasteiger charge is 2.09. The monoisotopic (exact) mass is 271 g/mol. The van der Waals surface area contributed by atoms with Gasteiger partial charge in [-0.15, -0.1) is 0 Å². The number of anilines is 1. The first-order valence-corrected chi connectivity index (χ1v) is 5.84. The first-order chi connectivity index (χ1) is 8.52. The predicted molar refractivity (Wildman–Crippen MR) is 67.6 cm³/mol. The molecule has 0 aliphatic carbocycles. The van der Waals surface area contributed by atoms with Crippen LogP contribution in [0, 0.1) is 0 Å². The number of hydrogen-bond acceptors (Lipinski definition) is 4. The number of carbonyl (C=O) groups excluding carboxylic acids is 2. The Morgan fingerprint density at radius 2 is 2.11 bits per heavy atom. The number of nitrogens with one attached hydrogen (secondary N) is 1. The van der Waals surface area contributed by atoms with Crippen LogP contribution in [0.25, 0.3) is 0 Å². The maximum absolute atomic E-state index is 11.5. The maximum atomic E-state index is 11.5. The predicted octanol–water partition coefficient (Wildman–Crippen LogP) is 2.33. The van der Waals surface area contributed by atoms with Crippen LogP contribution in [0.1, 0.15) is 19.8 Å². The molecule has 5 nitrogen and oxygen atoms in total. The average molecular weight is 272 g/mol. The summed E-state index contributed by atoms with van der Waals surface area (Å²) in [4.78, 5) is 22.5. The summed E-state index contributed by atoms with van der Waals surface area (Å²) >= 11 is 5.66. The summed E-state index contributed by atoms with van der Waals surface area (Å²) in [6, 6.07) is 4.35. The van der Waals surface area contributed by atoms with Crippen LogP contribution in [0.5, 0.6) is 5.75 Å². The van der Waals surface area contributed by atoms with E-state index in [0.29, 0.717) is 11.6 Å². The molecule has 0 heterocycles. The van der Waals surface area contributed by atoms with Gasteiger partial charge in [0.2, 0.25) is 5.91 Å². The fraction of sp³-hybridized carbons (Fsp3) is 0.333. The molecule has 0 spiro atoms. The zero-order valence-electron chi connectivity index (χ0n) is 9.90. The quantitative estimate of drug-likeness (QED) is 0.637. The summed E-state index contributed by atoms with van der Waals surface area (Å²) in [5.74, 6) is -0.916.